The number of hydrogen-bond acceptors (Lipinski definition) is 4. The first-order chi connectivity index (χ1) is 11.5. The second-order valence-electron chi connectivity index (χ2n) is 7.33. The van der Waals surface area contributed by atoms with Crippen LogP contribution in [0.25, 0.3) is 0 Å². The molecule has 2 atom stereocenters. The summed E-state index contributed by atoms with van der Waals surface area (Å²) in [5.74, 6) is 1.40. The highest BCUT2D eigenvalue weighted by Crippen LogP contribution is 2.37. The van der Waals surface area contributed by atoms with Crippen LogP contribution < -0.4 is 5.32 Å². The lowest BCUT2D eigenvalue weighted by molar-refractivity contribution is -0.0373. The number of piperidine rings is 1. The number of furan rings is 1. The van der Waals surface area contributed by atoms with Gasteiger partial charge >= 0.3 is 0 Å². The van der Waals surface area contributed by atoms with E-state index in [1.807, 2.05) is 0 Å². The lowest BCUT2D eigenvalue weighted by Gasteiger charge is -2.46. The number of nitrogens with zero attached hydrogens (tertiary/aromatic N) is 2. The van der Waals surface area contributed by atoms with Gasteiger partial charge in [0.15, 0.2) is 5.96 Å². The quantitative estimate of drug-likeness (QED) is 0.653. The van der Waals surface area contributed by atoms with E-state index in [0.29, 0.717) is 12.3 Å². The molecule has 0 aliphatic carbocycles. The SMILES string of the molecule is CN=C(NCC(C)(O)c1ccco1)N1CCCC2(CCCOC2)C1. The van der Waals surface area contributed by atoms with Gasteiger partial charge < -0.3 is 24.5 Å². The minimum absolute atomic E-state index is 0.262. The van der Waals surface area contributed by atoms with Crippen LogP contribution in [-0.4, -0.2) is 55.9 Å². The van der Waals surface area contributed by atoms with Crippen molar-refractivity contribution < 1.29 is 14.3 Å². The van der Waals surface area contributed by atoms with Gasteiger partial charge in [0.05, 0.1) is 19.4 Å². The van der Waals surface area contributed by atoms with Gasteiger partial charge in [-0.3, -0.25) is 4.99 Å². The third-order valence-corrected chi connectivity index (χ3v) is 5.22. The zero-order valence-corrected chi connectivity index (χ0v) is 14.8. The summed E-state index contributed by atoms with van der Waals surface area (Å²) in [4.78, 5) is 6.73. The molecule has 134 valence electrons. The molecular weight excluding hydrogens is 306 g/mol. The number of rotatable bonds is 3. The number of aliphatic imine (C=N–C) groups is 1. The number of ether oxygens (including phenoxy) is 1. The van der Waals surface area contributed by atoms with Gasteiger partial charge in [0, 0.05) is 32.2 Å². The monoisotopic (exact) mass is 335 g/mol. The number of hydrogen-bond donors (Lipinski definition) is 2. The van der Waals surface area contributed by atoms with E-state index < -0.39 is 5.60 Å². The Balaban J connectivity index is 1.61. The molecule has 0 saturated carbocycles. The van der Waals surface area contributed by atoms with E-state index in [2.05, 4.69) is 15.2 Å². The van der Waals surface area contributed by atoms with Crippen LogP contribution in [0, 0.1) is 5.41 Å². The lowest BCUT2D eigenvalue weighted by atomic mass is 9.76. The molecule has 0 aromatic carbocycles. The first kappa shape index (κ1) is 17.3. The summed E-state index contributed by atoms with van der Waals surface area (Å²) in [6, 6.07) is 3.58. The van der Waals surface area contributed by atoms with Crippen LogP contribution in [0.4, 0.5) is 0 Å². The summed E-state index contributed by atoms with van der Waals surface area (Å²) >= 11 is 0. The van der Waals surface area contributed by atoms with Crippen molar-refractivity contribution in [2.45, 2.75) is 38.2 Å². The molecule has 1 spiro atoms. The normalized spacial score (nSPS) is 28.0. The van der Waals surface area contributed by atoms with E-state index in [0.717, 1.165) is 45.1 Å². The van der Waals surface area contributed by atoms with E-state index >= 15 is 0 Å². The highest BCUT2D eigenvalue weighted by Gasteiger charge is 2.38. The molecule has 1 aromatic rings. The average Bonchev–Trinajstić information content (AvgIpc) is 3.12. The maximum atomic E-state index is 10.6. The Labute approximate surface area is 143 Å². The summed E-state index contributed by atoms with van der Waals surface area (Å²) in [7, 11) is 1.79. The molecule has 2 saturated heterocycles. The molecule has 6 heteroatoms. The third kappa shape index (κ3) is 3.75. The Bertz CT molecular complexity index is 542. The molecule has 2 fully saturated rings. The van der Waals surface area contributed by atoms with E-state index in [9.17, 15) is 5.11 Å². The van der Waals surface area contributed by atoms with Gasteiger partial charge in [-0.1, -0.05) is 0 Å². The topological polar surface area (TPSA) is 70.2 Å². The van der Waals surface area contributed by atoms with Crippen LogP contribution in [-0.2, 0) is 10.3 Å². The molecular formula is C18H29N3O3. The molecule has 1 aromatic heterocycles. The van der Waals surface area contributed by atoms with Crippen molar-refractivity contribution in [2.24, 2.45) is 10.4 Å². The number of likely N-dealkylation sites (tertiary alicyclic amines) is 1. The Hall–Kier alpha value is -1.53. The Kier molecular flexibility index (Phi) is 5.15. The Morgan fingerprint density at radius 3 is 2.96 bits per heavy atom. The summed E-state index contributed by atoms with van der Waals surface area (Å²) < 4.78 is 11.1. The maximum Gasteiger partial charge on any atom is 0.193 e. The zero-order chi connectivity index (χ0) is 17.0. The highest BCUT2D eigenvalue weighted by atomic mass is 16.5. The first-order valence-corrected chi connectivity index (χ1v) is 8.84. The van der Waals surface area contributed by atoms with Crippen molar-refractivity contribution in [3.63, 3.8) is 0 Å². The molecule has 6 nitrogen and oxygen atoms in total. The molecule has 2 N–H and O–H groups in total. The van der Waals surface area contributed by atoms with Gasteiger partial charge in [0.2, 0.25) is 0 Å². The molecule has 3 rings (SSSR count). The minimum atomic E-state index is -1.07. The molecule has 3 heterocycles. The summed E-state index contributed by atoms with van der Waals surface area (Å²) in [5.41, 5.74) is -0.807. The Morgan fingerprint density at radius 2 is 2.29 bits per heavy atom. The molecule has 0 bridgehead atoms. The summed E-state index contributed by atoms with van der Waals surface area (Å²) in [5, 5.41) is 13.9. The van der Waals surface area contributed by atoms with Crippen molar-refractivity contribution in [3.8, 4) is 0 Å². The van der Waals surface area contributed by atoms with Crippen molar-refractivity contribution in [2.75, 3.05) is 39.9 Å². The minimum Gasteiger partial charge on any atom is -0.466 e. The highest BCUT2D eigenvalue weighted by molar-refractivity contribution is 5.80. The van der Waals surface area contributed by atoms with E-state index in [1.165, 1.54) is 12.8 Å². The predicted molar refractivity (Wildman–Crippen MR) is 92.9 cm³/mol. The van der Waals surface area contributed by atoms with E-state index in [1.54, 1.807) is 32.4 Å². The molecule has 0 amide bonds. The molecule has 2 unspecified atom stereocenters. The van der Waals surface area contributed by atoms with E-state index in [4.69, 9.17) is 9.15 Å². The standard InChI is InChI=1S/C18H29N3O3/c1-17(22,15-6-3-11-24-15)12-20-16(19-2)21-9-4-7-18(13-21)8-5-10-23-14-18/h3,6,11,22H,4-5,7-10,12-14H2,1-2H3,(H,19,20). The molecule has 24 heavy (non-hydrogen) atoms. The fourth-order valence-electron chi connectivity index (χ4n) is 3.88. The fourth-order valence-corrected chi connectivity index (χ4v) is 3.88. The van der Waals surface area contributed by atoms with Crippen molar-refractivity contribution in [3.05, 3.63) is 24.2 Å². The van der Waals surface area contributed by atoms with Crippen molar-refractivity contribution in [1.82, 2.24) is 10.2 Å². The lowest BCUT2D eigenvalue weighted by Crippen LogP contribution is -2.54. The van der Waals surface area contributed by atoms with Crippen molar-refractivity contribution >= 4 is 5.96 Å². The summed E-state index contributed by atoms with van der Waals surface area (Å²) in [6.07, 6.45) is 6.33. The third-order valence-electron chi connectivity index (χ3n) is 5.22. The Morgan fingerprint density at radius 1 is 1.46 bits per heavy atom. The van der Waals surface area contributed by atoms with Gasteiger partial charge in [-0.15, -0.1) is 0 Å². The van der Waals surface area contributed by atoms with Crippen LogP contribution in [0.15, 0.2) is 27.8 Å². The molecule has 2 aliphatic heterocycles. The molecule has 0 radical (unpaired) electrons. The van der Waals surface area contributed by atoms with Gasteiger partial charge in [-0.25, -0.2) is 0 Å². The van der Waals surface area contributed by atoms with Gasteiger partial charge in [-0.2, -0.15) is 0 Å². The second kappa shape index (κ2) is 7.15. The molecule has 2 aliphatic rings. The van der Waals surface area contributed by atoms with Crippen LogP contribution in [0.5, 0.6) is 0 Å². The van der Waals surface area contributed by atoms with Crippen LogP contribution >= 0.6 is 0 Å². The van der Waals surface area contributed by atoms with Gasteiger partial charge in [0.1, 0.15) is 11.4 Å². The number of aliphatic hydroxyl groups is 1. The van der Waals surface area contributed by atoms with Crippen LogP contribution in [0.1, 0.15) is 38.4 Å². The number of nitrogens with one attached hydrogen (secondary N) is 1. The van der Waals surface area contributed by atoms with E-state index in [-0.39, 0.29) is 5.41 Å². The van der Waals surface area contributed by atoms with Gasteiger partial charge in [-0.05, 0) is 44.7 Å². The second-order valence-corrected chi connectivity index (χ2v) is 7.33. The fraction of sp³-hybridized carbons (Fsp3) is 0.722. The number of guanidine groups is 1. The largest absolute Gasteiger partial charge is 0.466 e. The zero-order valence-electron chi connectivity index (χ0n) is 14.8. The summed E-state index contributed by atoms with van der Waals surface area (Å²) in [6.45, 7) is 5.80. The van der Waals surface area contributed by atoms with Crippen LogP contribution in [0.2, 0.25) is 0 Å². The predicted octanol–water partition coefficient (Wildman–Crippen LogP) is 1.96. The van der Waals surface area contributed by atoms with Gasteiger partial charge in [0.25, 0.3) is 0 Å². The first-order valence-electron chi connectivity index (χ1n) is 8.84. The maximum absolute atomic E-state index is 10.6. The average molecular weight is 335 g/mol. The smallest absolute Gasteiger partial charge is 0.193 e. The van der Waals surface area contributed by atoms with Crippen molar-refractivity contribution in [1.29, 1.82) is 0 Å². The van der Waals surface area contributed by atoms with Crippen LogP contribution in [0.3, 0.4) is 0 Å².